The number of rotatable bonds is 5. The van der Waals surface area contributed by atoms with E-state index in [1.54, 1.807) is 0 Å². The summed E-state index contributed by atoms with van der Waals surface area (Å²) in [6.07, 6.45) is 0. The van der Waals surface area contributed by atoms with E-state index in [1.807, 2.05) is 29.2 Å². The van der Waals surface area contributed by atoms with Crippen LogP contribution in [-0.2, 0) is 0 Å². The summed E-state index contributed by atoms with van der Waals surface area (Å²) in [5.74, 6) is 0.909. The average molecular weight is 280 g/mol. The number of carbonyl (C=O) groups is 1. The normalized spacial score (nSPS) is 10.9. The molecule has 1 rings (SSSR count). The second-order valence-corrected chi connectivity index (χ2v) is 6.12. The molecule has 0 fully saturated rings. The van der Waals surface area contributed by atoms with Crippen LogP contribution >= 0.6 is 12.6 Å². The van der Waals surface area contributed by atoms with Gasteiger partial charge in [-0.3, -0.25) is 0 Å². The number of anilines is 1. The van der Waals surface area contributed by atoms with E-state index >= 15 is 0 Å². The molecule has 0 saturated carbocycles. The van der Waals surface area contributed by atoms with Crippen molar-refractivity contribution >= 4 is 24.3 Å². The lowest BCUT2D eigenvalue weighted by molar-refractivity contribution is 0.196. The van der Waals surface area contributed by atoms with E-state index in [1.165, 1.54) is 0 Å². The smallest absolute Gasteiger partial charge is 0.321 e. The number of hydrogen-bond acceptors (Lipinski definition) is 2. The highest BCUT2D eigenvalue weighted by atomic mass is 32.1. The van der Waals surface area contributed by atoms with Crippen LogP contribution in [0, 0.1) is 11.8 Å². The monoisotopic (exact) mass is 280 g/mol. The number of urea groups is 1. The van der Waals surface area contributed by atoms with Crippen LogP contribution in [0.1, 0.15) is 27.7 Å². The molecule has 1 N–H and O–H groups in total. The van der Waals surface area contributed by atoms with Gasteiger partial charge in [0.15, 0.2) is 0 Å². The SMILES string of the molecule is CC(C)CN(CC(C)C)C(=O)Nc1ccccc1S. The number of para-hydroxylation sites is 1. The number of carbonyl (C=O) groups excluding carboxylic acids is 1. The van der Waals surface area contributed by atoms with Gasteiger partial charge in [0.25, 0.3) is 0 Å². The highest BCUT2D eigenvalue weighted by Crippen LogP contribution is 2.19. The maximum Gasteiger partial charge on any atom is 0.321 e. The maximum absolute atomic E-state index is 12.3. The molecule has 0 spiro atoms. The highest BCUT2D eigenvalue weighted by molar-refractivity contribution is 7.80. The van der Waals surface area contributed by atoms with Gasteiger partial charge in [0, 0.05) is 18.0 Å². The lowest BCUT2D eigenvalue weighted by Gasteiger charge is -2.26. The first-order valence-corrected chi connectivity index (χ1v) is 7.18. The molecule has 0 saturated heterocycles. The second kappa shape index (κ2) is 7.43. The third-order valence-corrected chi connectivity index (χ3v) is 2.99. The standard InChI is InChI=1S/C15H24N2OS/c1-11(2)9-17(10-12(3)4)15(18)16-13-7-5-6-8-14(13)19/h5-8,11-12,19H,9-10H2,1-4H3,(H,16,18). The molecule has 0 aliphatic carbocycles. The Bertz CT molecular complexity index is 408. The van der Waals surface area contributed by atoms with Gasteiger partial charge in [-0.2, -0.15) is 0 Å². The molecule has 1 aromatic carbocycles. The molecule has 3 nitrogen and oxygen atoms in total. The van der Waals surface area contributed by atoms with Crippen molar-refractivity contribution in [3.63, 3.8) is 0 Å². The lowest BCUT2D eigenvalue weighted by atomic mass is 10.1. The van der Waals surface area contributed by atoms with Crippen molar-refractivity contribution < 1.29 is 4.79 Å². The van der Waals surface area contributed by atoms with Gasteiger partial charge >= 0.3 is 6.03 Å². The summed E-state index contributed by atoms with van der Waals surface area (Å²) in [6, 6.07) is 7.48. The molecule has 0 bridgehead atoms. The van der Waals surface area contributed by atoms with E-state index in [9.17, 15) is 4.79 Å². The van der Waals surface area contributed by atoms with E-state index in [4.69, 9.17) is 0 Å². The number of hydrogen-bond donors (Lipinski definition) is 2. The Kier molecular flexibility index (Phi) is 6.22. The van der Waals surface area contributed by atoms with E-state index in [-0.39, 0.29) is 6.03 Å². The van der Waals surface area contributed by atoms with Crippen molar-refractivity contribution in [3.8, 4) is 0 Å². The molecule has 0 atom stereocenters. The predicted octanol–water partition coefficient (Wildman–Crippen LogP) is 4.12. The molecule has 0 radical (unpaired) electrons. The third-order valence-electron chi connectivity index (χ3n) is 2.60. The second-order valence-electron chi connectivity index (χ2n) is 5.64. The van der Waals surface area contributed by atoms with Gasteiger partial charge in [-0.05, 0) is 24.0 Å². The summed E-state index contributed by atoms with van der Waals surface area (Å²) in [4.78, 5) is 15.0. The Labute approximate surface area is 121 Å². The van der Waals surface area contributed by atoms with E-state index in [0.29, 0.717) is 11.8 Å². The van der Waals surface area contributed by atoms with E-state index < -0.39 is 0 Å². The van der Waals surface area contributed by atoms with E-state index in [0.717, 1.165) is 23.7 Å². The molecule has 0 aromatic heterocycles. The molecule has 0 aliphatic heterocycles. The summed E-state index contributed by atoms with van der Waals surface area (Å²) >= 11 is 4.35. The van der Waals surface area contributed by atoms with Crippen LogP contribution in [0.5, 0.6) is 0 Å². The summed E-state index contributed by atoms with van der Waals surface area (Å²) in [5, 5.41) is 2.93. The van der Waals surface area contributed by atoms with Crippen molar-refractivity contribution in [2.45, 2.75) is 32.6 Å². The topological polar surface area (TPSA) is 32.3 Å². The van der Waals surface area contributed by atoms with Crippen LogP contribution in [0.25, 0.3) is 0 Å². The molecule has 19 heavy (non-hydrogen) atoms. The molecule has 0 aliphatic rings. The largest absolute Gasteiger partial charge is 0.324 e. The molecule has 4 heteroatoms. The molecular weight excluding hydrogens is 256 g/mol. The van der Waals surface area contributed by atoms with Crippen molar-refractivity contribution in [2.24, 2.45) is 11.8 Å². The summed E-state index contributed by atoms with van der Waals surface area (Å²) in [5.41, 5.74) is 0.758. The number of nitrogens with zero attached hydrogens (tertiary/aromatic N) is 1. The highest BCUT2D eigenvalue weighted by Gasteiger charge is 2.16. The summed E-state index contributed by atoms with van der Waals surface area (Å²) in [7, 11) is 0. The predicted molar refractivity (Wildman–Crippen MR) is 84.0 cm³/mol. The van der Waals surface area contributed by atoms with Crippen molar-refractivity contribution in [1.82, 2.24) is 4.90 Å². The first-order chi connectivity index (χ1) is 8.90. The van der Waals surface area contributed by atoms with Crippen LogP contribution in [0.3, 0.4) is 0 Å². The van der Waals surface area contributed by atoms with Crippen molar-refractivity contribution in [2.75, 3.05) is 18.4 Å². The van der Waals surface area contributed by atoms with Gasteiger partial charge in [-0.1, -0.05) is 39.8 Å². The minimum atomic E-state index is -0.0519. The number of amides is 2. The third kappa shape index (κ3) is 5.55. The van der Waals surface area contributed by atoms with Crippen LogP contribution in [-0.4, -0.2) is 24.0 Å². The van der Waals surface area contributed by atoms with Gasteiger partial charge in [0.1, 0.15) is 0 Å². The van der Waals surface area contributed by atoms with Gasteiger partial charge in [-0.25, -0.2) is 4.79 Å². The number of benzene rings is 1. The number of nitrogens with one attached hydrogen (secondary N) is 1. The lowest BCUT2D eigenvalue weighted by Crippen LogP contribution is -2.40. The Morgan fingerprint density at radius 3 is 2.16 bits per heavy atom. The Morgan fingerprint density at radius 1 is 1.16 bits per heavy atom. The molecule has 106 valence electrons. The summed E-state index contributed by atoms with van der Waals surface area (Å²) < 4.78 is 0. The van der Waals surface area contributed by atoms with Crippen LogP contribution < -0.4 is 5.32 Å². The molecular formula is C15H24N2OS. The van der Waals surface area contributed by atoms with Gasteiger partial charge in [0.2, 0.25) is 0 Å². The molecule has 2 amide bonds. The zero-order valence-corrected chi connectivity index (χ0v) is 13.1. The van der Waals surface area contributed by atoms with Gasteiger partial charge < -0.3 is 10.2 Å². The van der Waals surface area contributed by atoms with E-state index in [2.05, 4.69) is 45.6 Å². The minimum Gasteiger partial charge on any atom is -0.324 e. The van der Waals surface area contributed by atoms with Gasteiger partial charge in [-0.15, -0.1) is 12.6 Å². The zero-order valence-electron chi connectivity index (χ0n) is 12.2. The Balaban J connectivity index is 2.74. The maximum atomic E-state index is 12.3. The van der Waals surface area contributed by atoms with Gasteiger partial charge in [0.05, 0.1) is 5.69 Å². The van der Waals surface area contributed by atoms with Crippen LogP contribution in [0.2, 0.25) is 0 Å². The first-order valence-electron chi connectivity index (χ1n) is 6.74. The van der Waals surface area contributed by atoms with Crippen molar-refractivity contribution in [1.29, 1.82) is 0 Å². The first kappa shape index (κ1) is 15.9. The van der Waals surface area contributed by atoms with Crippen molar-refractivity contribution in [3.05, 3.63) is 24.3 Å². The Hall–Kier alpha value is -1.16. The van der Waals surface area contributed by atoms with Crippen LogP contribution in [0.15, 0.2) is 29.2 Å². The molecule has 0 heterocycles. The average Bonchev–Trinajstić information content (AvgIpc) is 2.30. The van der Waals surface area contributed by atoms with Crippen LogP contribution in [0.4, 0.5) is 10.5 Å². The zero-order chi connectivity index (χ0) is 14.4. The quantitative estimate of drug-likeness (QED) is 0.781. The minimum absolute atomic E-state index is 0.0519. The number of thiol groups is 1. The fraction of sp³-hybridized carbons (Fsp3) is 0.533. The fourth-order valence-electron chi connectivity index (χ4n) is 1.90. The molecule has 0 unspecified atom stereocenters. The summed E-state index contributed by atoms with van der Waals surface area (Å²) in [6.45, 7) is 10.00. The Morgan fingerprint density at radius 2 is 1.68 bits per heavy atom. The molecule has 1 aromatic rings. The fourth-order valence-corrected chi connectivity index (χ4v) is 2.11.